The van der Waals surface area contributed by atoms with Gasteiger partial charge in [-0.15, -0.1) is 0 Å². The molecule has 0 saturated carbocycles. The van der Waals surface area contributed by atoms with E-state index in [-0.39, 0.29) is 0 Å². The zero-order valence-corrected chi connectivity index (χ0v) is 9.75. The number of hydrogen-bond donors (Lipinski definition) is 0. The molecule has 0 N–H and O–H groups in total. The van der Waals surface area contributed by atoms with Gasteiger partial charge in [0.1, 0.15) is 0 Å². The highest BCUT2D eigenvalue weighted by Crippen LogP contribution is 2.06. The summed E-state index contributed by atoms with van der Waals surface area (Å²) >= 11 is 0. The third-order valence-electron chi connectivity index (χ3n) is 2.21. The standard InChI is InChI=1S/C11H22NO2/c1-9(2)5-7-12(11(13)14)8-6-10(3)4/h9-10H,5-8H2,1-4H3. The van der Waals surface area contributed by atoms with E-state index in [1.807, 2.05) is 0 Å². The van der Waals surface area contributed by atoms with Crippen LogP contribution in [0.2, 0.25) is 0 Å². The Morgan fingerprint density at radius 1 is 1.00 bits per heavy atom. The summed E-state index contributed by atoms with van der Waals surface area (Å²) in [6.45, 7) is 9.58. The molecule has 0 spiro atoms. The molecule has 0 aromatic rings. The fraction of sp³-hybridized carbons (Fsp3) is 0.909. The van der Waals surface area contributed by atoms with Crippen LogP contribution in [0, 0.1) is 11.8 Å². The fourth-order valence-electron chi connectivity index (χ4n) is 1.12. The number of carbonyl (C=O) groups excluding carboxylic acids is 1. The van der Waals surface area contributed by atoms with Crippen LogP contribution in [-0.2, 0) is 5.11 Å². The van der Waals surface area contributed by atoms with E-state index in [0.717, 1.165) is 12.8 Å². The first-order valence-corrected chi connectivity index (χ1v) is 5.39. The molecule has 0 aliphatic carbocycles. The lowest BCUT2D eigenvalue weighted by Crippen LogP contribution is -2.32. The first kappa shape index (κ1) is 13.3. The maximum absolute atomic E-state index is 10.7. The Morgan fingerprint density at radius 2 is 1.36 bits per heavy atom. The van der Waals surface area contributed by atoms with Crippen LogP contribution in [0.3, 0.4) is 0 Å². The normalized spacial score (nSPS) is 11.0. The molecule has 0 fully saturated rings. The molecule has 1 radical (unpaired) electrons. The summed E-state index contributed by atoms with van der Waals surface area (Å²) in [5.74, 6) is 1.08. The average molecular weight is 200 g/mol. The summed E-state index contributed by atoms with van der Waals surface area (Å²) in [6.07, 6.45) is 0.782. The van der Waals surface area contributed by atoms with E-state index in [0.29, 0.717) is 24.9 Å². The van der Waals surface area contributed by atoms with Crippen LogP contribution in [0.15, 0.2) is 0 Å². The van der Waals surface area contributed by atoms with E-state index >= 15 is 0 Å². The SMILES string of the molecule is CC(C)CCN(CCC(C)C)C([O])=O. The number of carbonyl (C=O) groups is 1. The molecule has 0 aliphatic heterocycles. The van der Waals surface area contributed by atoms with E-state index in [4.69, 9.17) is 0 Å². The lowest BCUT2D eigenvalue weighted by atomic mass is 10.1. The van der Waals surface area contributed by atoms with Gasteiger partial charge in [-0.1, -0.05) is 27.7 Å². The molecular formula is C11H22NO2. The van der Waals surface area contributed by atoms with Crippen molar-refractivity contribution in [2.75, 3.05) is 13.1 Å². The molecule has 0 aliphatic rings. The van der Waals surface area contributed by atoms with Crippen LogP contribution >= 0.6 is 0 Å². The van der Waals surface area contributed by atoms with Crippen molar-refractivity contribution >= 4 is 6.09 Å². The Hall–Kier alpha value is -0.730. The highest BCUT2D eigenvalue weighted by Gasteiger charge is 2.13. The van der Waals surface area contributed by atoms with E-state index in [1.165, 1.54) is 4.90 Å². The van der Waals surface area contributed by atoms with Gasteiger partial charge in [-0.05, 0) is 24.7 Å². The molecule has 0 saturated heterocycles. The van der Waals surface area contributed by atoms with Gasteiger partial charge in [0, 0.05) is 13.1 Å². The largest absolute Gasteiger partial charge is 0.453 e. The van der Waals surface area contributed by atoms with Gasteiger partial charge in [-0.25, -0.2) is 9.90 Å². The number of amides is 1. The second kappa shape index (κ2) is 6.68. The fourth-order valence-corrected chi connectivity index (χ4v) is 1.12. The van der Waals surface area contributed by atoms with Gasteiger partial charge < -0.3 is 4.90 Å². The minimum atomic E-state index is -1.04. The maximum atomic E-state index is 10.7. The van der Waals surface area contributed by atoms with Crippen LogP contribution in [0.1, 0.15) is 40.5 Å². The zero-order chi connectivity index (χ0) is 11.1. The summed E-state index contributed by atoms with van der Waals surface area (Å²) in [5.41, 5.74) is 0. The lowest BCUT2D eigenvalue weighted by molar-refractivity contribution is 0.115. The smallest absolute Gasteiger partial charge is 0.305 e. The van der Waals surface area contributed by atoms with Gasteiger partial charge >= 0.3 is 6.09 Å². The second-order valence-corrected chi connectivity index (χ2v) is 4.62. The molecule has 0 rings (SSSR count). The zero-order valence-electron chi connectivity index (χ0n) is 9.75. The van der Waals surface area contributed by atoms with Crippen molar-refractivity contribution in [1.82, 2.24) is 4.90 Å². The molecule has 14 heavy (non-hydrogen) atoms. The third-order valence-corrected chi connectivity index (χ3v) is 2.21. The minimum absolute atomic E-state index is 0.538. The Kier molecular flexibility index (Phi) is 6.34. The van der Waals surface area contributed by atoms with Gasteiger partial charge in [-0.2, -0.15) is 0 Å². The first-order valence-electron chi connectivity index (χ1n) is 5.39. The van der Waals surface area contributed by atoms with Crippen LogP contribution in [0.4, 0.5) is 4.79 Å². The van der Waals surface area contributed by atoms with Gasteiger partial charge in [0.2, 0.25) is 0 Å². The van der Waals surface area contributed by atoms with Crippen molar-refractivity contribution in [3.8, 4) is 0 Å². The van der Waals surface area contributed by atoms with Crippen molar-refractivity contribution in [1.29, 1.82) is 0 Å². The quantitative estimate of drug-likeness (QED) is 0.649. The van der Waals surface area contributed by atoms with Crippen LogP contribution in [0.25, 0.3) is 0 Å². The van der Waals surface area contributed by atoms with Crippen LogP contribution in [0.5, 0.6) is 0 Å². The van der Waals surface area contributed by atoms with Crippen LogP contribution in [-0.4, -0.2) is 24.1 Å². The van der Waals surface area contributed by atoms with Crippen molar-refractivity contribution in [2.45, 2.75) is 40.5 Å². The molecule has 0 atom stereocenters. The molecule has 3 heteroatoms. The number of hydrogen-bond acceptors (Lipinski definition) is 1. The number of rotatable bonds is 6. The molecule has 0 heterocycles. The third kappa shape index (κ3) is 6.75. The Morgan fingerprint density at radius 3 is 1.57 bits per heavy atom. The summed E-state index contributed by atoms with van der Waals surface area (Å²) in [5, 5.41) is 10.7. The summed E-state index contributed by atoms with van der Waals surface area (Å²) < 4.78 is 0. The molecule has 0 aromatic carbocycles. The van der Waals surface area contributed by atoms with Gasteiger partial charge in [-0.3, -0.25) is 0 Å². The summed E-state index contributed by atoms with van der Waals surface area (Å²) in [6, 6.07) is 0. The summed E-state index contributed by atoms with van der Waals surface area (Å²) in [7, 11) is 0. The maximum Gasteiger partial charge on any atom is 0.453 e. The topological polar surface area (TPSA) is 40.2 Å². The lowest BCUT2D eigenvalue weighted by Gasteiger charge is -2.19. The molecular weight excluding hydrogens is 178 g/mol. The molecule has 1 amide bonds. The van der Waals surface area contributed by atoms with Crippen LogP contribution < -0.4 is 0 Å². The molecule has 3 nitrogen and oxygen atoms in total. The van der Waals surface area contributed by atoms with E-state index in [1.54, 1.807) is 0 Å². The van der Waals surface area contributed by atoms with Crippen molar-refractivity contribution < 1.29 is 9.90 Å². The van der Waals surface area contributed by atoms with Crippen molar-refractivity contribution in [3.05, 3.63) is 0 Å². The molecule has 83 valence electrons. The average Bonchev–Trinajstić information content (AvgIpc) is 2.02. The molecule has 0 aromatic heterocycles. The van der Waals surface area contributed by atoms with Crippen molar-refractivity contribution in [3.63, 3.8) is 0 Å². The molecule has 0 unspecified atom stereocenters. The highest BCUT2D eigenvalue weighted by molar-refractivity contribution is 5.64. The monoisotopic (exact) mass is 200 g/mol. The Bertz CT molecular complexity index is 155. The Labute approximate surface area is 87.1 Å². The van der Waals surface area contributed by atoms with E-state index in [9.17, 15) is 9.90 Å². The van der Waals surface area contributed by atoms with Gasteiger partial charge in [0.25, 0.3) is 0 Å². The first-order chi connectivity index (χ1) is 6.43. The Balaban J connectivity index is 3.84. The molecule has 0 bridgehead atoms. The predicted molar refractivity (Wildman–Crippen MR) is 56.6 cm³/mol. The predicted octanol–water partition coefficient (Wildman–Crippen LogP) is 2.93. The highest BCUT2D eigenvalue weighted by atomic mass is 16.4. The summed E-state index contributed by atoms with van der Waals surface area (Å²) in [4.78, 5) is 12.2. The number of nitrogens with zero attached hydrogens (tertiary/aromatic N) is 1. The van der Waals surface area contributed by atoms with Crippen molar-refractivity contribution in [2.24, 2.45) is 11.8 Å². The van der Waals surface area contributed by atoms with E-state index in [2.05, 4.69) is 27.7 Å². The second-order valence-electron chi connectivity index (χ2n) is 4.62. The van der Waals surface area contributed by atoms with Gasteiger partial charge in [0.15, 0.2) is 0 Å². The van der Waals surface area contributed by atoms with E-state index < -0.39 is 6.09 Å². The minimum Gasteiger partial charge on any atom is -0.305 e. The van der Waals surface area contributed by atoms with Gasteiger partial charge in [0.05, 0.1) is 0 Å².